The minimum absolute atomic E-state index is 0.179. The van der Waals surface area contributed by atoms with Crippen molar-refractivity contribution in [1.82, 2.24) is 14.3 Å². The molecule has 0 unspecified atom stereocenters. The van der Waals surface area contributed by atoms with Crippen LogP contribution in [-0.4, -0.2) is 48.3 Å². The van der Waals surface area contributed by atoms with Gasteiger partial charge in [-0.1, -0.05) is 31.3 Å². The van der Waals surface area contributed by atoms with Crippen LogP contribution in [0.3, 0.4) is 0 Å². The zero-order valence-corrected chi connectivity index (χ0v) is 23.5. The van der Waals surface area contributed by atoms with E-state index in [1.54, 1.807) is 29.4 Å². The predicted molar refractivity (Wildman–Crippen MR) is 151 cm³/mol. The summed E-state index contributed by atoms with van der Waals surface area (Å²) in [6, 6.07) is 15.6. The second-order valence-corrected chi connectivity index (χ2v) is 11.7. The maximum absolute atomic E-state index is 13.8. The highest BCUT2D eigenvalue weighted by Crippen LogP contribution is 2.33. The van der Waals surface area contributed by atoms with Gasteiger partial charge in [-0.15, -0.1) is 0 Å². The molecule has 38 heavy (non-hydrogen) atoms. The third-order valence-corrected chi connectivity index (χ3v) is 8.84. The summed E-state index contributed by atoms with van der Waals surface area (Å²) in [5.74, 6) is 0.471. The normalized spacial score (nSPS) is 11.7. The summed E-state index contributed by atoms with van der Waals surface area (Å²) in [5.41, 5.74) is 1.99. The summed E-state index contributed by atoms with van der Waals surface area (Å²) in [7, 11) is -3.64. The van der Waals surface area contributed by atoms with Gasteiger partial charge in [0.25, 0.3) is 5.91 Å². The molecule has 0 N–H and O–H groups in total. The molecule has 0 aliphatic rings. The van der Waals surface area contributed by atoms with E-state index < -0.39 is 10.0 Å². The molecule has 0 aliphatic heterocycles. The molecule has 200 valence electrons. The average molecular weight is 553 g/mol. The van der Waals surface area contributed by atoms with Gasteiger partial charge in [0, 0.05) is 31.0 Å². The van der Waals surface area contributed by atoms with E-state index in [0.717, 1.165) is 34.4 Å². The first-order valence-corrected chi connectivity index (χ1v) is 15.0. The van der Waals surface area contributed by atoms with E-state index in [1.165, 1.54) is 27.8 Å². The Balaban J connectivity index is 1.67. The van der Waals surface area contributed by atoms with Crippen molar-refractivity contribution in [3.05, 3.63) is 78.1 Å². The number of nitrogens with zero attached hydrogens (tertiary/aromatic N) is 4. The van der Waals surface area contributed by atoms with Crippen molar-refractivity contribution in [2.45, 2.75) is 45.1 Å². The average Bonchev–Trinajstić information content (AvgIpc) is 3.35. The van der Waals surface area contributed by atoms with Crippen molar-refractivity contribution in [3.63, 3.8) is 0 Å². The van der Waals surface area contributed by atoms with Crippen LogP contribution in [0.2, 0.25) is 0 Å². The van der Waals surface area contributed by atoms with Crippen LogP contribution in [0.15, 0.2) is 71.9 Å². The van der Waals surface area contributed by atoms with Crippen LogP contribution in [-0.2, 0) is 16.6 Å². The topological polar surface area (TPSA) is 92.7 Å². The molecule has 2 aromatic heterocycles. The summed E-state index contributed by atoms with van der Waals surface area (Å²) in [6.45, 7) is 7.58. The molecule has 8 nitrogen and oxygen atoms in total. The fraction of sp³-hybridized carbons (Fsp3) is 0.321. The van der Waals surface area contributed by atoms with Gasteiger partial charge < -0.3 is 4.74 Å². The second-order valence-electron chi connectivity index (χ2n) is 8.74. The molecule has 1 amide bonds. The number of carbonyl (C=O) groups excluding carboxylic acids is 1. The number of amides is 1. The smallest absolute Gasteiger partial charge is 0.260 e. The zero-order valence-electron chi connectivity index (χ0n) is 21.8. The number of aromatic nitrogens is 2. The summed E-state index contributed by atoms with van der Waals surface area (Å²) in [5, 5.41) is 0.538. The van der Waals surface area contributed by atoms with E-state index in [4.69, 9.17) is 9.72 Å². The van der Waals surface area contributed by atoms with E-state index in [2.05, 4.69) is 4.98 Å². The molecule has 4 aromatic rings. The number of hydrogen-bond acceptors (Lipinski definition) is 7. The van der Waals surface area contributed by atoms with Crippen LogP contribution in [0.4, 0.5) is 5.13 Å². The molecule has 0 saturated heterocycles. The van der Waals surface area contributed by atoms with E-state index >= 15 is 0 Å². The van der Waals surface area contributed by atoms with Crippen LogP contribution >= 0.6 is 11.3 Å². The molecule has 0 radical (unpaired) electrons. The number of thiazole rings is 1. The monoisotopic (exact) mass is 552 g/mol. The van der Waals surface area contributed by atoms with Crippen LogP contribution < -0.4 is 9.64 Å². The molecule has 10 heteroatoms. The highest BCUT2D eigenvalue weighted by molar-refractivity contribution is 7.89. The Hall–Kier alpha value is -3.34. The number of rotatable bonds is 12. The first kappa shape index (κ1) is 27.7. The second kappa shape index (κ2) is 12.5. The van der Waals surface area contributed by atoms with E-state index in [9.17, 15) is 13.2 Å². The lowest BCUT2D eigenvalue weighted by Gasteiger charge is -2.22. The molecule has 0 saturated carbocycles. The first-order chi connectivity index (χ1) is 18.4. The summed E-state index contributed by atoms with van der Waals surface area (Å²) < 4.78 is 34.4. The van der Waals surface area contributed by atoms with E-state index in [0.29, 0.717) is 30.4 Å². The van der Waals surface area contributed by atoms with Crippen molar-refractivity contribution in [2.75, 3.05) is 24.6 Å². The van der Waals surface area contributed by atoms with Crippen molar-refractivity contribution in [2.24, 2.45) is 0 Å². The molecule has 2 aromatic carbocycles. The molecule has 2 heterocycles. The Bertz CT molecular complexity index is 1470. The summed E-state index contributed by atoms with van der Waals surface area (Å²) in [6.07, 6.45) is 4.86. The van der Waals surface area contributed by atoms with Crippen molar-refractivity contribution in [3.8, 4) is 5.75 Å². The molecular weight excluding hydrogens is 520 g/mol. The molecule has 0 atom stereocenters. The number of hydrogen-bond donors (Lipinski definition) is 0. The van der Waals surface area contributed by atoms with Gasteiger partial charge in [0.15, 0.2) is 5.13 Å². The quantitative estimate of drug-likeness (QED) is 0.222. The van der Waals surface area contributed by atoms with Crippen LogP contribution in [0, 0.1) is 0 Å². The fourth-order valence-electron chi connectivity index (χ4n) is 4.09. The standard InChI is InChI=1S/C28H32N4O4S2/c1-4-16-31(17-5-2)38(34,35)24-12-9-22(10-13-24)27(33)32(20-21-8-7-15-29-19-21)28-30-25-14-11-23(36-6-3)18-26(25)37-28/h7-15,18-19H,4-6,16-17,20H2,1-3H3. The minimum atomic E-state index is -3.64. The maximum Gasteiger partial charge on any atom is 0.260 e. The summed E-state index contributed by atoms with van der Waals surface area (Å²) in [4.78, 5) is 24.5. The molecule has 0 fully saturated rings. The van der Waals surface area contributed by atoms with E-state index in [-0.39, 0.29) is 17.3 Å². The van der Waals surface area contributed by atoms with Gasteiger partial charge in [-0.3, -0.25) is 14.7 Å². The lowest BCUT2D eigenvalue weighted by atomic mass is 10.2. The number of fused-ring (bicyclic) bond motifs is 1. The number of pyridine rings is 1. The summed E-state index contributed by atoms with van der Waals surface area (Å²) >= 11 is 1.40. The van der Waals surface area contributed by atoms with Gasteiger partial charge in [-0.05, 0) is 73.9 Å². The Morgan fingerprint density at radius 3 is 2.37 bits per heavy atom. The van der Waals surface area contributed by atoms with Gasteiger partial charge in [-0.25, -0.2) is 13.4 Å². The van der Waals surface area contributed by atoms with Gasteiger partial charge in [0.1, 0.15) is 5.75 Å². The van der Waals surface area contributed by atoms with E-state index in [1.807, 2.05) is 51.1 Å². The highest BCUT2D eigenvalue weighted by Gasteiger charge is 2.25. The van der Waals surface area contributed by atoms with Gasteiger partial charge in [-0.2, -0.15) is 4.31 Å². The molecule has 0 bridgehead atoms. The van der Waals surface area contributed by atoms with Crippen LogP contribution in [0.5, 0.6) is 5.75 Å². The third-order valence-electron chi connectivity index (χ3n) is 5.88. The number of benzene rings is 2. The Kier molecular flexibility index (Phi) is 9.09. The molecule has 4 rings (SSSR count). The largest absolute Gasteiger partial charge is 0.494 e. The van der Waals surface area contributed by atoms with Crippen LogP contribution in [0.25, 0.3) is 10.2 Å². The lowest BCUT2D eigenvalue weighted by Crippen LogP contribution is -2.33. The minimum Gasteiger partial charge on any atom is -0.494 e. The van der Waals surface area contributed by atoms with Crippen LogP contribution in [0.1, 0.15) is 49.5 Å². The molecule has 0 aliphatic carbocycles. The molecular formula is C28H32N4O4S2. The Morgan fingerprint density at radius 1 is 1.00 bits per heavy atom. The SMILES string of the molecule is CCCN(CCC)S(=O)(=O)c1ccc(C(=O)N(Cc2cccnc2)c2nc3ccc(OCC)cc3s2)cc1. The maximum atomic E-state index is 13.8. The highest BCUT2D eigenvalue weighted by atomic mass is 32.2. The van der Waals surface area contributed by atoms with Crippen molar-refractivity contribution >= 4 is 42.6 Å². The number of anilines is 1. The van der Waals surface area contributed by atoms with Crippen molar-refractivity contribution < 1.29 is 17.9 Å². The number of sulfonamides is 1. The van der Waals surface area contributed by atoms with Crippen molar-refractivity contribution in [1.29, 1.82) is 0 Å². The van der Waals surface area contributed by atoms with Gasteiger partial charge in [0.05, 0.1) is 28.3 Å². The Labute approximate surface area is 228 Å². The molecule has 0 spiro atoms. The predicted octanol–water partition coefficient (Wildman–Crippen LogP) is 5.75. The first-order valence-electron chi connectivity index (χ1n) is 12.7. The third kappa shape index (κ3) is 6.20. The zero-order chi connectivity index (χ0) is 27.1. The fourth-order valence-corrected chi connectivity index (χ4v) is 6.71. The Morgan fingerprint density at radius 2 is 1.74 bits per heavy atom. The van der Waals surface area contributed by atoms with Gasteiger partial charge in [0.2, 0.25) is 10.0 Å². The number of carbonyl (C=O) groups is 1. The van der Waals surface area contributed by atoms with Gasteiger partial charge >= 0.3 is 0 Å². The number of ether oxygens (including phenoxy) is 1. The lowest BCUT2D eigenvalue weighted by molar-refractivity contribution is 0.0985.